The van der Waals surface area contributed by atoms with Crippen LogP contribution < -0.4 is 10.6 Å². The van der Waals surface area contributed by atoms with Crippen molar-refractivity contribution in [3.05, 3.63) is 48.0 Å². The maximum atomic E-state index is 7.35. The second-order valence-corrected chi connectivity index (χ2v) is 4.27. The number of benzene rings is 1. The molecule has 0 amide bonds. The van der Waals surface area contributed by atoms with E-state index in [1.165, 1.54) is 0 Å². The van der Waals surface area contributed by atoms with Crippen LogP contribution >= 0.6 is 0 Å². The highest BCUT2D eigenvalue weighted by Gasteiger charge is 2.06. The molecule has 5 heteroatoms. The monoisotopic (exact) mass is 243 g/mol. The Morgan fingerprint density at radius 2 is 2.06 bits per heavy atom. The van der Waals surface area contributed by atoms with Crippen molar-refractivity contribution in [3.8, 4) is 0 Å². The third-order valence-corrected chi connectivity index (χ3v) is 2.92. The summed E-state index contributed by atoms with van der Waals surface area (Å²) in [6.07, 6.45) is 3.73. The van der Waals surface area contributed by atoms with Crippen LogP contribution in [-0.2, 0) is 13.6 Å². The van der Waals surface area contributed by atoms with E-state index < -0.39 is 0 Å². The number of hydrogen-bond acceptors (Lipinski definition) is 3. The molecule has 0 fully saturated rings. The Morgan fingerprint density at radius 1 is 1.39 bits per heavy atom. The fraction of sp³-hybridized carbons (Fsp3) is 0.231. The number of amidine groups is 1. The van der Waals surface area contributed by atoms with E-state index >= 15 is 0 Å². The molecule has 0 radical (unpaired) electrons. The first-order chi connectivity index (χ1) is 8.58. The predicted molar refractivity (Wildman–Crippen MR) is 72.8 cm³/mol. The van der Waals surface area contributed by atoms with Crippen LogP contribution in [0.15, 0.2) is 36.7 Å². The molecule has 0 saturated heterocycles. The highest BCUT2D eigenvalue weighted by atomic mass is 15.2. The van der Waals surface area contributed by atoms with Gasteiger partial charge in [0.25, 0.3) is 0 Å². The lowest BCUT2D eigenvalue weighted by atomic mass is 10.2. The molecule has 1 aromatic carbocycles. The number of anilines is 1. The summed E-state index contributed by atoms with van der Waals surface area (Å²) < 4.78 is 2.00. The van der Waals surface area contributed by atoms with E-state index in [9.17, 15) is 0 Å². The normalized spacial score (nSPS) is 10.3. The highest BCUT2D eigenvalue weighted by Crippen LogP contribution is 2.15. The fourth-order valence-corrected chi connectivity index (χ4v) is 1.75. The first-order valence-corrected chi connectivity index (χ1v) is 5.69. The van der Waals surface area contributed by atoms with Gasteiger partial charge in [0, 0.05) is 37.7 Å². The number of imidazole rings is 1. The van der Waals surface area contributed by atoms with Crippen molar-refractivity contribution >= 4 is 11.5 Å². The van der Waals surface area contributed by atoms with E-state index in [1.54, 1.807) is 6.20 Å². The number of nitrogens with zero attached hydrogens (tertiary/aromatic N) is 3. The van der Waals surface area contributed by atoms with Crippen LogP contribution in [-0.4, -0.2) is 22.4 Å². The molecule has 2 rings (SSSR count). The van der Waals surface area contributed by atoms with Gasteiger partial charge in [0.15, 0.2) is 0 Å². The Kier molecular flexibility index (Phi) is 3.32. The Balaban J connectivity index is 2.12. The second-order valence-electron chi connectivity index (χ2n) is 4.27. The summed E-state index contributed by atoms with van der Waals surface area (Å²) in [6.45, 7) is 0.739. The van der Waals surface area contributed by atoms with Gasteiger partial charge in [0.2, 0.25) is 0 Å². The minimum atomic E-state index is 0.0910. The standard InChI is InChI=1S/C13H17N5/c1-17-8-7-16-12(17)9-18(2)11-5-3-10(4-6-11)13(14)15/h3-8H,9H2,1-2H3,(H3,14,15). The zero-order valence-electron chi connectivity index (χ0n) is 10.6. The molecular formula is C13H17N5. The third-order valence-electron chi connectivity index (χ3n) is 2.92. The zero-order chi connectivity index (χ0) is 13.1. The molecule has 94 valence electrons. The van der Waals surface area contributed by atoms with Crippen molar-refractivity contribution in [2.24, 2.45) is 12.8 Å². The lowest BCUT2D eigenvalue weighted by molar-refractivity contribution is 0.762. The number of nitrogens with one attached hydrogen (secondary N) is 1. The summed E-state index contributed by atoms with van der Waals surface area (Å²) >= 11 is 0. The smallest absolute Gasteiger partial charge is 0.127 e. The molecule has 0 aliphatic heterocycles. The average molecular weight is 243 g/mol. The molecule has 0 bridgehead atoms. The van der Waals surface area contributed by atoms with E-state index in [2.05, 4.69) is 9.88 Å². The van der Waals surface area contributed by atoms with Gasteiger partial charge in [-0.25, -0.2) is 4.98 Å². The molecule has 0 atom stereocenters. The Bertz CT molecular complexity index is 541. The van der Waals surface area contributed by atoms with E-state index in [0.717, 1.165) is 23.6 Å². The van der Waals surface area contributed by atoms with Gasteiger partial charge in [-0.1, -0.05) is 0 Å². The van der Waals surface area contributed by atoms with Crippen LogP contribution in [0.5, 0.6) is 0 Å². The second kappa shape index (κ2) is 4.91. The van der Waals surface area contributed by atoms with Crippen LogP contribution in [0.4, 0.5) is 5.69 Å². The number of aromatic nitrogens is 2. The first-order valence-electron chi connectivity index (χ1n) is 5.69. The zero-order valence-corrected chi connectivity index (χ0v) is 10.6. The molecule has 0 unspecified atom stereocenters. The van der Waals surface area contributed by atoms with Crippen molar-refractivity contribution in [2.75, 3.05) is 11.9 Å². The lowest BCUT2D eigenvalue weighted by Gasteiger charge is -2.19. The molecule has 2 aromatic rings. The molecule has 18 heavy (non-hydrogen) atoms. The number of aryl methyl sites for hydroxylation is 1. The van der Waals surface area contributed by atoms with Crippen LogP contribution in [0, 0.1) is 5.41 Å². The molecule has 1 heterocycles. The van der Waals surface area contributed by atoms with Crippen LogP contribution in [0.3, 0.4) is 0 Å². The minimum absolute atomic E-state index is 0.0910. The molecule has 0 aliphatic rings. The number of nitrogens with two attached hydrogens (primary N) is 1. The Labute approximate surface area is 106 Å². The maximum absolute atomic E-state index is 7.35. The molecule has 5 nitrogen and oxygen atoms in total. The van der Waals surface area contributed by atoms with Gasteiger partial charge >= 0.3 is 0 Å². The van der Waals surface area contributed by atoms with Gasteiger partial charge in [0.1, 0.15) is 11.7 Å². The summed E-state index contributed by atoms with van der Waals surface area (Å²) in [5, 5.41) is 7.35. The van der Waals surface area contributed by atoms with Gasteiger partial charge in [-0.05, 0) is 24.3 Å². The molecule has 3 N–H and O–H groups in total. The topological polar surface area (TPSA) is 70.9 Å². The Hall–Kier alpha value is -2.30. The summed E-state index contributed by atoms with van der Waals surface area (Å²) in [5.41, 5.74) is 7.24. The van der Waals surface area contributed by atoms with E-state index in [0.29, 0.717) is 0 Å². The molecule has 1 aromatic heterocycles. The van der Waals surface area contributed by atoms with Gasteiger partial charge in [-0.3, -0.25) is 5.41 Å². The summed E-state index contributed by atoms with van der Waals surface area (Å²) in [6, 6.07) is 7.62. The third kappa shape index (κ3) is 2.51. The predicted octanol–water partition coefficient (Wildman–Crippen LogP) is 1.34. The quantitative estimate of drug-likeness (QED) is 0.629. The molecule has 0 saturated carbocycles. The van der Waals surface area contributed by atoms with Gasteiger partial charge in [-0.2, -0.15) is 0 Å². The van der Waals surface area contributed by atoms with Crippen molar-refractivity contribution in [2.45, 2.75) is 6.54 Å². The summed E-state index contributed by atoms with van der Waals surface area (Å²) in [5.74, 6) is 1.10. The van der Waals surface area contributed by atoms with Gasteiger partial charge < -0.3 is 15.2 Å². The van der Waals surface area contributed by atoms with Crippen LogP contribution in [0.25, 0.3) is 0 Å². The van der Waals surface area contributed by atoms with Gasteiger partial charge in [0.05, 0.1) is 6.54 Å². The van der Waals surface area contributed by atoms with E-state index in [-0.39, 0.29) is 5.84 Å². The first kappa shape index (κ1) is 12.2. The van der Waals surface area contributed by atoms with Crippen molar-refractivity contribution in [1.82, 2.24) is 9.55 Å². The average Bonchev–Trinajstić information content (AvgIpc) is 2.75. The maximum Gasteiger partial charge on any atom is 0.127 e. The van der Waals surface area contributed by atoms with E-state index in [4.69, 9.17) is 11.1 Å². The summed E-state index contributed by atoms with van der Waals surface area (Å²) in [7, 11) is 3.99. The van der Waals surface area contributed by atoms with Gasteiger partial charge in [-0.15, -0.1) is 0 Å². The SMILES string of the molecule is CN(Cc1nccn1C)c1ccc(C(=N)N)cc1. The Morgan fingerprint density at radius 3 is 2.56 bits per heavy atom. The fourth-order valence-electron chi connectivity index (χ4n) is 1.75. The molecule has 0 aliphatic carbocycles. The lowest BCUT2D eigenvalue weighted by Crippen LogP contribution is -2.19. The largest absolute Gasteiger partial charge is 0.384 e. The van der Waals surface area contributed by atoms with Crippen LogP contribution in [0.2, 0.25) is 0 Å². The van der Waals surface area contributed by atoms with Crippen molar-refractivity contribution < 1.29 is 0 Å². The summed E-state index contributed by atoms with van der Waals surface area (Å²) in [4.78, 5) is 6.40. The highest BCUT2D eigenvalue weighted by molar-refractivity contribution is 5.95. The van der Waals surface area contributed by atoms with E-state index in [1.807, 2.05) is 49.1 Å². The van der Waals surface area contributed by atoms with Crippen molar-refractivity contribution in [1.29, 1.82) is 5.41 Å². The number of hydrogen-bond donors (Lipinski definition) is 2. The molecular weight excluding hydrogens is 226 g/mol. The number of rotatable bonds is 4. The number of nitrogen functional groups attached to an aromatic ring is 1. The minimum Gasteiger partial charge on any atom is -0.384 e. The van der Waals surface area contributed by atoms with Crippen LogP contribution in [0.1, 0.15) is 11.4 Å². The molecule has 0 spiro atoms. The van der Waals surface area contributed by atoms with Crippen molar-refractivity contribution in [3.63, 3.8) is 0 Å².